The molecule has 4 heteroatoms. The smallest absolute Gasteiger partial charge is 0.310 e. The van der Waals surface area contributed by atoms with Crippen molar-refractivity contribution >= 4 is 11.9 Å². The Morgan fingerprint density at radius 3 is 2.89 bits per heavy atom. The Balaban J connectivity index is 1.67. The van der Waals surface area contributed by atoms with Crippen LogP contribution in [0.25, 0.3) is 0 Å². The third-order valence-corrected chi connectivity index (χ3v) is 4.83. The summed E-state index contributed by atoms with van der Waals surface area (Å²) in [4.78, 5) is 23.8. The number of carbonyl (C=O) groups is 2. The molecule has 3 rings (SSSR count). The van der Waals surface area contributed by atoms with Gasteiger partial charge in [-0.05, 0) is 31.1 Å². The van der Waals surface area contributed by atoms with E-state index in [9.17, 15) is 9.59 Å². The average molecular weight is 264 g/mol. The fourth-order valence-corrected chi connectivity index (χ4v) is 3.56. The molecule has 1 saturated heterocycles. The molecule has 4 unspecified atom stereocenters. The van der Waals surface area contributed by atoms with E-state index in [1.165, 1.54) is 0 Å². The molecule has 4 nitrogen and oxygen atoms in total. The molecule has 0 aromatic heterocycles. The van der Waals surface area contributed by atoms with E-state index in [0.29, 0.717) is 31.3 Å². The Kier molecular flexibility index (Phi) is 3.11. The zero-order valence-corrected chi connectivity index (χ0v) is 11.3. The molecule has 4 atom stereocenters. The molecule has 104 valence electrons. The molecule has 19 heavy (non-hydrogen) atoms. The van der Waals surface area contributed by atoms with Gasteiger partial charge < -0.3 is 9.47 Å². The summed E-state index contributed by atoms with van der Waals surface area (Å²) in [6.45, 7) is 2.32. The highest BCUT2D eigenvalue weighted by Crippen LogP contribution is 2.45. The van der Waals surface area contributed by atoms with Gasteiger partial charge in [-0.25, -0.2) is 0 Å². The summed E-state index contributed by atoms with van der Waals surface area (Å²) in [5.74, 6) is 0.525. The largest absolute Gasteiger partial charge is 0.465 e. The van der Waals surface area contributed by atoms with Crippen molar-refractivity contribution in [3.05, 3.63) is 12.2 Å². The highest BCUT2D eigenvalue weighted by atomic mass is 16.6. The Hall–Kier alpha value is -1.32. The molecule has 2 bridgehead atoms. The summed E-state index contributed by atoms with van der Waals surface area (Å²) in [5, 5.41) is 0. The van der Waals surface area contributed by atoms with Crippen LogP contribution in [0.2, 0.25) is 0 Å². The van der Waals surface area contributed by atoms with Crippen molar-refractivity contribution in [1.29, 1.82) is 0 Å². The third kappa shape index (κ3) is 2.28. The van der Waals surface area contributed by atoms with Gasteiger partial charge in [0.2, 0.25) is 0 Å². The van der Waals surface area contributed by atoms with Crippen LogP contribution in [-0.2, 0) is 19.1 Å². The van der Waals surface area contributed by atoms with Gasteiger partial charge in [0, 0.05) is 6.42 Å². The molecule has 1 heterocycles. The van der Waals surface area contributed by atoms with Gasteiger partial charge in [-0.3, -0.25) is 9.59 Å². The number of allylic oxidation sites excluding steroid dienone is 2. The van der Waals surface area contributed by atoms with Gasteiger partial charge in [-0.2, -0.15) is 0 Å². The number of carbonyl (C=O) groups excluding carboxylic acids is 2. The van der Waals surface area contributed by atoms with Gasteiger partial charge >= 0.3 is 11.9 Å². The summed E-state index contributed by atoms with van der Waals surface area (Å²) in [6.07, 6.45) is 7.84. The molecule has 0 aromatic carbocycles. The molecular formula is C15H20O4. The summed E-state index contributed by atoms with van der Waals surface area (Å²) < 4.78 is 10.7. The molecule has 1 aliphatic heterocycles. The van der Waals surface area contributed by atoms with E-state index in [-0.39, 0.29) is 24.3 Å². The van der Waals surface area contributed by atoms with Gasteiger partial charge in [-0.1, -0.05) is 19.1 Å². The lowest BCUT2D eigenvalue weighted by molar-refractivity contribution is -0.182. The Morgan fingerprint density at radius 2 is 2.32 bits per heavy atom. The zero-order valence-electron chi connectivity index (χ0n) is 11.3. The normalized spacial score (nSPS) is 40.3. The second-order valence-corrected chi connectivity index (χ2v) is 5.99. The molecule has 0 radical (unpaired) electrons. The second-order valence-electron chi connectivity index (χ2n) is 5.99. The second kappa shape index (κ2) is 4.66. The van der Waals surface area contributed by atoms with Crippen molar-refractivity contribution in [2.45, 2.75) is 44.6 Å². The monoisotopic (exact) mass is 264 g/mol. The summed E-state index contributed by atoms with van der Waals surface area (Å²) in [7, 11) is 0. The van der Waals surface area contributed by atoms with Crippen molar-refractivity contribution < 1.29 is 19.1 Å². The van der Waals surface area contributed by atoms with Crippen LogP contribution in [0.1, 0.15) is 39.0 Å². The Labute approximate surface area is 113 Å². The SMILES string of the molecule is CCC1(OC(=O)C2CC3C=CC2C3)CCOC(=O)C1. The van der Waals surface area contributed by atoms with E-state index in [2.05, 4.69) is 12.2 Å². The van der Waals surface area contributed by atoms with Crippen molar-refractivity contribution in [2.75, 3.05) is 6.61 Å². The van der Waals surface area contributed by atoms with E-state index in [4.69, 9.17) is 9.47 Å². The molecule has 0 aromatic rings. The van der Waals surface area contributed by atoms with Crippen LogP contribution in [0.5, 0.6) is 0 Å². The maximum absolute atomic E-state index is 12.4. The predicted molar refractivity (Wildman–Crippen MR) is 68.2 cm³/mol. The van der Waals surface area contributed by atoms with Crippen molar-refractivity contribution in [3.8, 4) is 0 Å². The predicted octanol–water partition coefficient (Wildman–Crippen LogP) is 2.23. The van der Waals surface area contributed by atoms with Crippen LogP contribution >= 0.6 is 0 Å². The molecule has 0 N–H and O–H groups in total. The summed E-state index contributed by atoms with van der Waals surface area (Å²) in [5.41, 5.74) is -0.627. The lowest BCUT2D eigenvalue weighted by Gasteiger charge is -2.36. The minimum Gasteiger partial charge on any atom is -0.465 e. The number of cyclic esters (lactones) is 1. The standard InChI is InChI=1S/C15H20O4/c1-2-15(5-6-18-13(16)9-15)19-14(17)12-8-10-3-4-11(12)7-10/h3-4,10-12H,2,5-9H2,1H3. The molecule has 1 saturated carbocycles. The number of esters is 2. The zero-order chi connectivity index (χ0) is 13.5. The highest BCUT2D eigenvalue weighted by Gasteiger charge is 2.45. The van der Waals surface area contributed by atoms with E-state index in [0.717, 1.165) is 12.8 Å². The van der Waals surface area contributed by atoms with E-state index >= 15 is 0 Å². The molecule has 3 aliphatic rings. The van der Waals surface area contributed by atoms with Gasteiger partial charge in [0.15, 0.2) is 0 Å². The van der Waals surface area contributed by atoms with Crippen LogP contribution in [0.3, 0.4) is 0 Å². The lowest BCUT2D eigenvalue weighted by Crippen LogP contribution is -2.44. The van der Waals surface area contributed by atoms with Crippen LogP contribution < -0.4 is 0 Å². The first-order valence-electron chi connectivity index (χ1n) is 7.19. The fraction of sp³-hybridized carbons (Fsp3) is 0.733. The van der Waals surface area contributed by atoms with Crippen molar-refractivity contribution in [2.24, 2.45) is 17.8 Å². The molecule has 0 amide bonds. The minimum atomic E-state index is -0.627. The summed E-state index contributed by atoms with van der Waals surface area (Å²) >= 11 is 0. The van der Waals surface area contributed by atoms with Crippen molar-refractivity contribution in [1.82, 2.24) is 0 Å². The molecule has 2 aliphatic carbocycles. The summed E-state index contributed by atoms with van der Waals surface area (Å²) in [6, 6.07) is 0. The van der Waals surface area contributed by atoms with Gasteiger partial charge in [-0.15, -0.1) is 0 Å². The first-order valence-corrected chi connectivity index (χ1v) is 7.19. The van der Waals surface area contributed by atoms with Gasteiger partial charge in [0.05, 0.1) is 18.9 Å². The Bertz CT molecular complexity index is 428. The van der Waals surface area contributed by atoms with Gasteiger partial charge in [0.25, 0.3) is 0 Å². The maximum atomic E-state index is 12.4. The average Bonchev–Trinajstić information content (AvgIpc) is 3.01. The van der Waals surface area contributed by atoms with E-state index in [1.807, 2.05) is 6.92 Å². The van der Waals surface area contributed by atoms with Gasteiger partial charge in [0.1, 0.15) is 5.60 Å². The minimum absolute atomic E-state index is 0.00336. The van der Waals surface area contributed by atoms with Crippen molar-refractivity contribution in [3.63, 3.8) is 0 Å². The molecule has 0 spiro atoms. The van der Waals surface area contributed by atoms with Crippen LogP contribution in [0.15, 0.2) is 12.2 Å². The first kappa shape index (κ1) is 12.7. The van der Waals surface area contributed by atoms with E-state index < -0.39 is 5.60 Å². The molecular weight excluding hydrogens is 244 g/mol. The number of hydrogen-bond acceptors (Lipinski definition) is 4. The number of fused-ring (bicyclic) bond motifs is 2. The quantitative estimate of drug-likeness (QED) is 0.579. The van der Waals surface area contributed by atoms with E-state index in [1.54, 1.807) is 0 Å². The number of hydrogen-bond donors (Lipinski definition) is 0. The fourth-order valence-electron chi connectivity index (χ4n) is 3.56. The maximum Gasteiger partial charge on any atom is 0.310 e. The first-order chi connectivity index (χ1) is 9.12. The lowest BCUT2D eigenvalue weighted by atomic mass is 9.89. The highest BCUT2D eigenvalue weighted by molar-refractivity contribution is 5.76. The molecule has 2 fully saturated rings. The number of rotatable bonds is 3. The van der Waals surface area contributed by atoms with Crippen LogP contribution in [-0.4, -0.2) is 24.1 Å². The van der Waals surface area contributed by atoms with Crippen LogP contribution in [0.4, 0.5) is 0 Å². The Morgan fingerprint density at radius 1 is 1.47 bits per heavy atom. The number of ether oxygens (including phenoxy) is 2. The van der Waals surface area contributed by atoms with Crippen LogP contribution in [0, 0.1) is 17.8 Å². The topological polar surface area (TPSA) is 52.6 Å². The third-order valence-electron chi connectivity index (χ3n) is 4.83.